The molecule has 3 aromatic carbocycles. The minimum atomic E-state index is -1.28. The quantitative estimate of drug-likeness (QED) is 0.594. The second-order valence-electron chi connectivity index (χ2n) is 7.39. The smallest absolute Gasteiger partial charge is 0.415 e. The van der Waals surface area contributed by atoms with Crippen LogP contribution >= 0.6 is 0 Å². The molecule has 0 saturated carbocycles. The molecule has 1 saturated heterocycles. The maximum absolute atomic E-state index is 14.4. The van der Waals surface area contributed by atoms with E-state index in [1.807, 2.05) is 0 Å². The molecule has 1 atom stereocenters. The predicted molar refractivity (Wildman–Crippen MR) is 110 cm³/mol. The first kappa shape index (κ1) is 20.9. The van der Waals surface area contributed by atoms with Crippen molar-refractivity contribution in [2.24, 2.45) is 0 Å². The van der Waals surface area contributed by atoms with Crippen LogP contribution in [0.3, 0.4) is 0 Å². The lowest BCUT2D eigenvalue weighted by molar-refractivity contribution is -0.0280. The van der Waals surface area contributed by atoms with Gasteiger partial charge < -0.3 is 9.84 Å². The number of nitrogens with zero attached hydrogens (tertiary/aromatic N) is 1. The van der Waals surface area contributed by atoms with Gasteiger partial charge in [-0.3, -0.25) is 4.90 Å². The van der Waals surface area contributed by atoms with Gasteiger partial charge in [-0.25, -0.2) is 18.0 Å². The van der Waals surface area contributed by atoms with Crippen LogP contribution in [0.15, 0.2) is 66.7 Å². The number of amides is 1. The molecule has 160 valence electrons. The first-order chi connectivity index (χ1) is 14.9. The zero-order valence-corrected chi connectivity index (χ0v) is 16.5. The lowest BCUT2D eigenvalue weighted by Gasteiger charge is -2.41. The summed E-state index contributed by atoms with van der Waals surface area (Å²) in [4.78, 5) is 14.2. The van der Waals surface area contributed by atoms with Crippen LogP contribution < -0.4 is 4.90 Å². The number of benzene rings is 3. The summed E-state index contributed by atoms with van der Waals surface area (Å²) in [7, 11) is 0. The van der Waals surface area contributed by atoms with E-state index in [0.717, 1.165) is 0 Å². The van der Waals surface area contributed by atoms with E-state index in [2.05, 4.69) is 0 Å². The van der Waals surface area contributed by atoms with Crippen LogP contribution in [0.25, 0.3) is 11.1 Å². The van der Waals surface area contributed by atoms with Crippen molar-refractivity contribution in [2.75, 3.05) is 18.1 Å². The van der Waals surface area contributed by atoms with Gasteiger partial charge in [0.1, 0.15) is 23.1 Å². The van der Waals surface area contributed by atoms with Gasteiger partial charge in [-0.2, -0.15) is 0 Å². The highest BCUT2D eigenvalue weighted by Gasteiger charge is 2.43. The molecular formula is C24H20F3NO3. The third-order valence-corrected chi connectivity index (χ3v) is 5.54. The largest absolute Gasteiger partial charge is 0.437 e. The van der Waals surface area contributed by atoms with E-state index in [0.29, 0.717) is 11.3 Å². The molecule has 1 aliphatic heterocycles. The van der Waals surface area contributed by atoms with Crippen LogP contribution in [0, 0.1) is 17.5 Å². The molecule has 1 heterocycles. The summed E-state index contributed by atoms with van der Waals surface area (Å²) in [5.74, 6) is -1.47. The number of hydrogen-bond donors (Lipinski definition) is 1. The average Bonchev–Trinajstić information content (AvgIpc) is 2.76. The minimum Gasteiger partial charge on any atom is -0.437 e. The lowest BCUT2D eigenvalue weighted by atomic mass is 9.85. The Morgan fingerprint density at radius 1 is 0.968 bits per heavy atom. The first-order valence-corrected chi connectivity index (χ1v) is 9.85. The van der Waals surface area contributed by atoms with Gasteiger partial charge in [0.05, 0.1) is 0 Å². The molecule has 0 radical (unpaired) electrons. The second-order valence-corrected chi connectivity index (χ2v) is 7.39. The Balaban J connectivity index is 1.65. The third-order valence-electron chi connectivity index (χ3n) is 5.54. The number of aliphatic hydroxyl groups is 1. The molecule has 0 aromatic heterocycles. The van der Waals surface area contributed by atoms with Crippen molar-refractivity contribution >= 4 is 11.8 Å². The van der Waals surface area contributed by atoms with E-state index in [4.69, 9.17) is 4.74 Å². The molecule has 1 fully saturated rings. The standard InChI is InChI=1S/C24H20F3NO3/c25-17-7-5-16(6-8-17)19-15-18(9-10-21(19)26)28-13-11-24(12-14-29,31-23(28)30)20-3-1-2-4-22(20)27/h1-10,15,29H,11-14H2. The molecule has 1 aliphatic rings. The van der Waals surface area contributed by atoms with Gasteiger partial charge in [0.25, 0.3) is 0 Å². The van der Waals surface area contributed by atoms with E-state index >= 15 is 0 Å². The maximum Gasteiger partial charge on any atom is 0.415 e. The monoisotopic (exact) mass is 427 g/mol. The Bertz CT molecular complexity index is 1100. The first-order valence-electron chi connectivity index (χ1n) is 9.85. The molecule has 3 aromatic rings. The van der Waals surface area contributed by atoms with Crippen LogP contribution in [-0.2, 0) is 10.3 Å². The Hall–Kier alpha value is -3.32. The normalized spacial score (nSPS) is 18.7. The van der Waals surface area contributed by atoms with E-state index in [9.17, 15) is 23.1 Å². The minimum absolute atomic E-state index is 0.0533. The highest BCUT2D eigenvalue weighted by molar-refractivity contribution is 5.90. The molecule has 4 rings (SSSR count). The molecule has 1 amide bonds. The van der Waals surface area contributed by atoms with Gasteiger partial charge >= 0.3 is 6.09 Å². The van der Waals surface area contributed by atoms with Crippen LogP contribution in [0.2, 0.25) is 0 Å². The van der Waals surface area contributed by atoms with Gasteiger partial charge in [-0.1, -0.05) is 30.3 Å². The summed E-state index contributed by atoms with van der Waals surface area (Å²) in [6, 6.07) is 15.5. The van der Waals surface area contributed by atoms with Crippen LogP contribution in [0.4, 0.5) is 23.7 Å². The summed E-state index contributed by atoms with van der Waals surface area (Å²) < 4.78 is 47.8. The summed E-state index contributed by atoms with van der Waals surface area (Å²) in [5.41, 5.74) is 0.00625. The summed E-state index contributed by atoms with van der Waals surface area (Å²) in [6.45, 7) is -0.103. The fourth-order valence-corrected chi connectivity index (χ4v) is 3.93. The van der Waals surface area contributed by atoms with Gasteiger partial charge in [-0.05, 0) is 42.0 Å². The van der Waals surface area contributed by atoms with Gasteiger partial charge in [-0.15, -0.1) is 0 Å². The van der Waals surface area contributed by atoms with Crippen LogP contribution in [-0.4, -0.2) is 24.4 Å². The number of carbonyl (C=O) groups is 1. The van der Waals surface area contributed by atoms with E-state index < -0.39 is 29.1 Å². The van der Waals surface area contributed by atoms with Crippen molar-refractivity contribution in [1.29, 1.82) is 0 Å². The van der Waals surface area contributed by atoms with Gasteiger partial charge in [0.2, 0.25) is 0 Å². The molecule has 4 nitrogen and oxygen atoms in total. The highest BCUT2D eigenvalue weighted by atomic mass is 19.1. The van der Waals surface area contributed by atoms with Crippen molar-refractivity contribution < 1.29 is 27.8 Å². The molecule has 0 spiro atoms. The predicted octanol–water partition coefficient (Wildman–Crippen LogP) is 5.40. The summed E-state index contributed by atoms with van der Waals surface area (Å²) in [6.07, 6.45) is -0.430. The van der Waals surface area contributed by atoms with E-state index in [1.165, 1.54) is 59.5 Å². The number of rotatable bonds is 5. The van der Waals surface area contributed by atoms with Crippen molar-refractivity contribution in [2.45, 2.75) is 18.4 Å². The number of cyclic esters (lactones) is 1. The molecule has 1 unspecified atom stereocenters. The lowest BCUT2D eigenvalue weighted by Crippen LogP contribution is -2.49. The van der Waals surface area contributed by atoms with Crippen molar-refractivity contribution in [3.63, 3.8) is 0 Å². The highest BCUT2D eigenvalue weighted by Crippen LogP contribution is 2.40. The number of aliphatic hydroxyl groups excluding tert-OH is 1. The Morgan fingerprint density at radius 3 is 2.39 bits per heavy atom. The van der Waals surface area contributed by atoms with Crippen molar-refractivity contribution in [3.8, 4) is 11.1 Å². The van der Waals surface area contributed by atoms with E-state index in [1.54, 1.807) is 12.1 Å². The molecule has 1 N–H and O–H groups in total. The van der Waals surface area contributed by atoms with Crippen LogP contribution in [0.1, 0.15) is 18.4 Å². The number of hydrogen-bond acceptors (Lipinski definition) is 3. The summed E-state index contributed by atoms with van der Waals surface area (Å²) in [5, 5.41) is 9.52. The fourth-order valence-electron chi connectivity index (χ4n) is 3.93. The topological polar surface area (TPSA) is 49.8 Å². The third kappa shape index (κ3) is 4.01. The van der Waals surface area contributed by atoms with E-state index in [-0.39, 0.29) is 37.1 Å². The second kappa shape index (κ2) is 8.43. The van der Waals surface area contributed by atoms with Gasteiger partial charge in [0.15, 0.2) is 0 Å². The maximum atomic E-state index is 14.4. The zero-order valence-electron chi connectivity index (χ0n) is 16.5. The number of anilines is 1. The zero-order chi connectivity index (χ0) is 22.0. The molecule has 31 heavy (non-hydrogen) atoms. The Morgan fingerprint density at radius 2 is 1.71 bits per heavy atom. The van der Waals surface area contributed by atoms with Crippen LogP contribution in [0.5, 0.6) is 0 Å². The SMILES string of the molecule is O=C1OC(CCO)(c2ccccc2F)CCN1c1ccc(F)c(-c2ccc(F)cc2)c1. The number of carbonyl (C=O) groups excluding carboxylic acids is 1. The van der Waals surface area contributed by atoms with Crippen molar-refractivity contribution in [3.05, 3.63) is 89.7 Å². The number of halogens is 3. The Kier molecular flexibility index (Phi) is 5.69. The van der Waals surface area contributed by atoms with Crippen molar-refractivity contribution in [1.82, 2.24) is 0 Å². The number of ether oxygens (including phenoxy) is 1. The molecule has 7 heteroatoms. The average molecular weight is 427 g/mol. The molecule has 0 bridgehead atoms. The van der Waals surface area contributed by atoms with Gasteiger partial charge in [0, 0.05) is 42.8 Å². The summed E-state index contributed by atoms with van der Waals surface area (Å²) >= 11 is 0. The molecular weight excluding hydrogens is 407 g/mol. The Labute approximate surface area is 177 Å². The molecule has 0 aliphatic carbocycles. The fraction of sp³-hybridized carbons (Fsp3) is 0.208.